The van der Waals surface area contributed by atoms with Crippen LogP contribution in [0, 0.1) is 5.82 Å². The van der Waals surface area contributed by atoms with Crippen LogP contribution in [-0.2, 0) is 0 Å². The molecule has 0 spiro atoms. The van der Waals surface area contributed by atoms with Crippen molar-refractivity contribution in [2.75, 3.05) is 0 Å². The molecule has 3 heteroatoms. The topological polar surface area (TPSA) is 0 Å². The summed E-state index contributed by atoms with van der Waals surface area (Å²) in [4.78, 5) is 0. The number of hydrogen-bond acceptors (Lipinski definition) is 0. The van der Waals surface area contributed by atoms with Gasteiger partial charge in [-0.2, -0.15) is 0 Å². The Labute approximate surface area is 107 Å². The van der Waals surface area contributed by atoms with Gasteiger partial charge in [-0.1, -0.05) is 40.2 Å². The van der Waals surface area contributed by atoms with Crippen LogP contribution in [0.3, 0.4) is 0 Å². The second-order valence-corrected chi connectivity index (χ2v) is 4.82. The molecule has 0 bridgehead atoms. The van der Waals surface area contributed by atoms with E-state index < -0.39 is 0 Å². The van der Waals surface area contributed by atoms with Gasteiger partial charge < -0.3 is 0 Å². The molecule has 0 N–H and O–H groups in total. The second kappa shape index (κ2) is 4.98. The van der Waals surface area contributed by atoms with Crippen molar-refractivity contribution in [3.63, 3.8) is 0 Å². The molecular formula is C13H9BrClF. The summed E-state index contributed by atoms with van der Waals surface area (Å²) >= 11 is 9.71. The summed E-state index contributed by atoms with van der Waals surface area (Å²) in [5.41, 5.74) is 1.88. The highest BCUT2D eigenvalue weighted by molar-refractivity contribution is 9.10. The first kappa shape index (κ1) is 11.6. The molecule has 0 aliphatic carbocycles. The van der Waals surface area contributed by atoms with Gasteiger partial charge in [0, 0.05) is 4.47 Å². The van der Waals surface area contributed by atoms with Crippen LogP contribution < -0.4 is 0 Å². The largest absolute Gasteiger partial charge is 0.207 e. The summed E-state index contributed by atoms with van der Waals surface area (Å²) in [6.07, 6.45) is 0. The molecule has 0 radical (unpaired) electrons. The van der Waals surface area contributed by atoms with Crippen molar-refractivity contribution < 1.29 is 4.39 Å². The minimum Gasteiger partial charge on any atom is -0.207 e. The average molecular weight is 300 g/mol. The summed E-state index contributed by atoms with van der Waals surface area (Å²) in [7, 11) is 0. The Bertz CT molecular complexity index is 482. The van der Waals surface area contributed by atoms with E-state index in [1.807, 2.05) is 24.3 Å². The Morgan fingerprint density at radius 1 is 1.00 bits per heavy atom. The smallest absolute Gasteiger partial charge is 0.123 e. The van der Waals surface area contributed by atoms with E-state index in [1.54, 1.807) is 12.1 Å². The lowest BCUT2D eigenvalue weighted by atomic mass is 10.0. The molecule has 0 saturated heterocycles. The zero-order valence-corrected chi connectivity index (χ0v) is 10.7. The maximum absolute atomic E-state index is 12.8. The first-order valence-electron chi connectivity index (χ1n) is 4.82. The van der Waals surface area contributed by atoms with Crippen LogP contribution >= 0.6 is 27.5 Å². The van der Waals surface area contributed by atoms with Crippen LogP contribution in [0.1, 0.15) is 16.5 Å². The molecule has 16 heavy (non-hydrogen) atoms. The molecule has 0 saturated carbocycles. The standard InChI is InChI=1S/C13H9BrClF/c14-11-3-1-2-10(8-11)13(15)9-4-6-12(16)7-5-9/h1-8,13H. The minimum atomic E-state index is -0.252. The van der Waals surface area contributed by atoms with Gasteiger partial charge in [0.25, 0.3) is 0 Å². The molecule has 0 nitrogen and oxygen atoms in total. The summed E-state index contributed by atoms with van der Waals surface area (Å²) in [6.45, 7) is 0. The molecular weight excluding hydrogens is 290 g/mol. The van der Waals surface area contributed by atoms with E-state index in [1.165, 1.54) is 12.1 Å². The van der Waals surface area contributed by atoms with E-state index >= 15 is 0 Å². The molecule has 0 aromatic heterocycles. The Morgan fingerprint density at radius 2 is 1.69 bits per heavy atom. The Balaban J connectivity index is 2.31. The van der Waals surface area contributed by atoms with E-state index in [4.69, 9.17) is 11.6 Å². The summed E-state index contributed by atoms with van der Waals surface area (Å²) in [5, 5.41) is -0.252. The van der Waals surface area contributed by atoms with Crippen LogP contribution in [0.15, 0.2) is 53.0 Å². The van der Waals surface area contributed by atoms with Crippen LogP contribution in [0.4, 0.5) is 4.39 Å². The van der Waals surface area contributed by atoms with Crippen molar-refractivity contribution in [2.24, 2.45) is 0 Å². The normalized spacial score (nSPS) is 12.4. The van der Waals surface area contributed by atoms with Crippen molar-refractivity contribution in [3.8, 4) is 0 Å². The van der Waals surface area contributed by atoms with Crippen LogP contribution in [0.5, 0.6) is 0 Å². The maximum Gasteiger partial charge on any atom is 0.123 e. The van der Waals surface area contributed by atoms with Crippen molar-refractivity contribution in [3.05, 3.63) is 69.9 Å². The molecule has 0 amide bonds. The average Bonchev–Trinajstić information content (AvgIpc) is 2.29. The summed E-state index contributed by atoms with van der Waals surface area (Å²) in [5.74, 6) is -0.248. The fraction of sp³-hybridized carbons (Fsp3) is 0.0769. The van der Waals surface area contributed by atoms with E-state index in [0.29, 0.717) is 0 Å². The number of halogens is 3. The minimum absolute atomic E-state index is 0.248. The molecule has 0 aliphatic rings. The Kier molecular flexibility index (Phi) is 3.62. The number of rotatable bonds is 2. The van der Waals surface area contributed by atoms with Gasteiger partial charge >= 0.3 is 0 Å². The third-order valence-corrected chi connectivity index (χ3v) is 3.30. The van der Waals surface area contributed by atoms with E-state index in [0.717, 1.165) is 15.6 Å². The first-order valence-corrected chi connectivity index (χ1v) is 6.05. The van der Waals surface area contributed by atoms with Crippen molar-refractivity contribution in [1.29, 1.82) is 0 Å². The highest BCUT2D eigenvalue weighted by Crippen LogP contribution is 2.30. The zero-order chi connectivity index (χ0) is 11.5. The first-order chi connectivity index (χ1) is 7.66. The zero-order valence-electron chi connectivity index (χ0n) is 8.33. The van der Waals surface area contributed by atoms with Gasteiger partial charge in [0.2, 0.25) is 0 Å². The third-order valence-electron chi connectivity index (χ3n) is 2.30. The van der Waals surface area contributed by atoms with Crippen LogP contribution in [0.25, 0.3) is 0 Å². The van der Waals surface area contributed by atoms with Crippen molar-refractivity contribution in [2.45, 2.75) is 5.38 Å². The van der Waals surface area contributed by atoms with Gasteiger partial charge in [0.15, 0.2) is 0 Å². The predicted octanol–water partition coefficient (Wildman–Crippen LogP) is 4.92. The lowest BCUT2D eigenvalue weighted by Gasteiger charge is -2.10. The second-order valence-electron chi connectivity index (χ2n) is 3.47. The third kappa shape index (κ3) is 2.63. The van der Waals surface area contributed by atoms with Crippen LogP contribution in [0.2, 0.25) is 0 Å². The Hall–Kier alpha value is -0.860. The molecule has 1 atom stereocenters. The molecule has 2 rings (SSSR count). The van der Waals surface area contributed by atoms with Gasteiger partial charge in [-0.05, 0) is 35.4 Å². The molecule has 82 valence electrons. The quantitative estimate of drug-likeness (QED) is 0.691. The summed E-state index contributed by atoms with van der Waals surface area (Å²) in [6, 6.07) is 14.0. The van der Waals surface area contributed by atoms with Crippen molar-refractivity contribution >= 4 is 27.5 Å². The van der Waals surface area contributed by atoms with Gasteiger partial charge in [-0.3, -0.25) is 0 Å². The van der Waals surface area contributed by atoms with Crippen molar-refractivity contribution in [1.82, 2.24) is 0 Å². The number of hydrogen-bond donors (Lipinski definition) is 0. The van der Waals surface area contributed by atoms with Gasteiger partial charge in [-0.25, -0.2) is 4.39 Å². The van der Waals surface area contributed by atoms with E-state index in [2.05, 4.69) is 15.9 Å². The maximum atomic E-state index is 12.8. The fourth-order valence-corrected chi connectivity index (χ4v) is 2.19. The molecule has 0 heterocycles. The lowest BCUT2D eigenvalue weighted by Crippen LogP contribution is -1.93. The number of benzene rings is 2. The van der Waals surface area contributed by atoms with Gasteiger partial charge in [0.1, 0.15) is 5.82 Å². The molecule has 0 aliphatic heterocycles. The van der Waals surface area contributed by atoms with E-state index in [-0.39, 0.29) is 11.2 Å². The molecule has 0 fully saturated rings. The van der Waals surface area contributed by atoms with E-state index in [9.17, 15) is 4.39 Å². The SMILES string of the molecule is Fc1ccc(C(Cl)c2cccc(Br)c2)cc1. The highest BCUT2D eigenvalue weighted by atomic mass is 79.9. The molecule has 2 aromatic rings. The highest BCUT2D eigenvalue weighted by Gasteiger charge is 2.10. The molecule has 2 aromatic carbocycles. The monoisotopic (exact) mass is 298 g/mol. The summed E-state index contributed by atoms with van der Waals surface area (Å²) < 4.78 is 13.8. The van der Waals surface area contributed by atoms with Gasteiger partial charge in [-0.15, -0.1) is 11.6 Å². The fourth-order valence-electron chi connectivity index (χ4n) is 1.49. The predicted molar refractivity (Wildman–Crippen MR) is 68.2 cm³/mol. The Morgan fingerprint density at radius 3 is 2.31 bits per heavy atom. The van der Waals surface area contributed by atoms with Crippen LogP contribution in [-0.4, -0.2) is 0 Å². The lowest BCUT2D eigenvalue weighted by molar-refractivity contribution is 0.627. The number of alkyl halides is 1. The molecule has 1 unspecified atom stereocenters. The van der Waals surface area contributed by atoms with Gasteiger partial charge in [0.05, 0.1) is 5.38 Å².